The number of carbonyl (C=O) groups is 1. The second kappa shape index (κ2) is 35.4. The minimum atomic E-state index is -4.32. The van der Waals surface area contributed by atoms with Gasteiger partial charge in [-0.3, -0.25) is 13.8 Å². The normalized spacial score (nSPS) is 18.0. The monoisotopic (exact) mass is 764 g/mol. The molecule has 0 aromatic rings. The molecule has 1 saturated heterocycles. The first kappa shape index (κ1) is 48.8. The number of allylic oxidation sites excluding steroid dienone is 9. The molecule has 304 valence electrons. The van der Waals surface area contributed by atoms with Crippen molar-refractivity contribution in [2.24, 2.45) is 5.73 Å². The van der Waals surface area contributed by atoms with Gasteiger partial charge in [-0.2, -0.15) is 0 Å². The molecule has 3 N–H and O–H groups in total. The first-order chi connectivity index (χ1) is 25.9. The van der Waals surface area contributed by atoms with Gasteiger partial charge in [0.25, 0.3) is 0 Å². The molecule has 1 aliphatic rings. The van der Waals surface area contributed by atoms with E-state index in [1.165, 1.54) is 70.6 Å². The molecule has 10 heteroatoms. The Labute approximate surface area is 322 Å². The molecule has 0 aromatic carbocycles. The summed E-state index contributed by atoms with van der Waals surface area (Å²) in [5.74, 6) is -0.439. The van der Waals surface area contributed by atoms with Crippen LogP contribution in [0.4, 0.5) is 0 Å². The molecule has 53 heavy (non-hydrogen) atoms. The van der Waals surface area contributed by atoms with E-state index in [0.29, 0.717) is 18.6 Å². The van der Waals surface area contributed by atoms with Crippen molar-refractivity contribution in [3.63, 3.8) is 0 Å². The molecule has 4 unspecified atom stereocenters. The Kier molecular flexibility index (Phi) is 32.6. The third-order valence-electron chi connectivity index (χ3n) is 8.62. The molecule has 0 aliphatic carbocycles. The van der Waals surface area contributed by atoms with Gasteiger partial charge in [-0.1, -0.05) is 145 Å². The van der Waals surface area contributed by atoms with Crippen LogP contribution in [-0.2, 0) is 32.6 Å². The number of carbonyl (C=O) groups excluding carboxylic acids is 1. The number of phosphoric ester groups is 1. The summed E-state index contributed by atoms with van der Waals surface area (Å²) in [6.07, 6.45) is 47.8. The van der Waals surface area contributed by atoms with Crippen LogP contribution >= 0.6 is 7.82 Å². The van der Waals surface area contributed by atoms with Gasteiger partial charge in [0.15, 0.2) is 6.10 Å². The molecule has 0 aromatic heterocycles. The van der Waals surface area contributed by atoms with Crippen LogP contribution < -0.4 is 5.73 Å². The van der Waals surface area contributed by atoms with Crippen molar-refractivity contribution >= 4 is 13.8 Å². The minimum absolute atomic E-state index is 0.00398. The van der Waals surface area contributed by atoms with E-state index in [2.05, 4.69) is 62.5 Å². The first-order valence-electron chi connectivity index (χ1n) is 20.6. The Morgan fingerprint density at radius 2 is 1.25 bits per heavy atom. The predicted octanol–water partition coefficient (Wildman–Crippen LogP) is 11.3. The highest BCUT2D eigenvalue weighted by molar-refractivity contribution is 7.47. The van der Waals surface area contributed by atoms with Crippen LogP contribution in [0, 0.1) is 0 Å². The van der Waals surface area contributed by atoms with Crippen LogP contribution in [0.1, 0.15) is 149 Å². The van der Waals surface area contributed by atoms with Crippen LogP contribution in [0.5, 0.6) is 0 Å². The average molecular weight is 764 g/mol. The maximum absolute atomic E-state index is 12.5. The van der Waals surface area contributed by atoms with Crippen LogP contribution in [0.2, 0.25) is 0 Å². The van der Waals surface area contributed by atoms with Crippen molar-refractivity contribution in [3.8, 4) is 0 Å². The van der Waals surface area contributed by atoms with Crippen molar-refractivity contribution in [1.82, 2.24) is 0 Å². The molecule has 0 spiro atoms. The Balaban J connectivity index is 2.22. The number of esters is 1. The molecular weight excluding hydrogens is 689 g/mol. The Hall–Kier alpha value is -2.26. The lowest BCUT2D eigenvalue weighted by atomic mass is 10.0. The third-order valence-corrected chi connectivity index (χ3v) is 9.60. The molecule has 1 fully saturated rings. The lowest BCUT2D eigenvalue weighted by Gasteiger charge is -2.19. The van der Waals surface area contributed by atoms with Crippen LogP contribution in [-0.4, -0.2) is 55.5 Å². The molecule has 0 amide bonds. The molecule has 0 radical (unpaired) electrons. The van der Waals surface area contributed by atoms with E-state index in [-0.39, 0.29) is 32.8 Å². The van der Waals surface area contributed by atoms with Crippen molar-refractivity contribution in [1.29, 1.82) is 0 Å². The quantitative estimate of drug-likeness (QED) is 0.0159. The van der Waals surface area contributed by atoms with E-state index in [1.807, 2.05) is 18.2 Å². The fourth-order valence-corrected chi connectivity index (χ4v) is 6.26. The molecular formula is C43H74NO8P. The second-order valence-electron chi connectivity index (χ2n) is 13.6. The number of unbranched alkanes of at least 4 members (excludes halogenated alkanes) is 12. The average Bonchev–Trinajstić information content (AvgIpc) is 3.90. The van der Waals surface area contributed by atoms with Gasteiger partial charge in [0.05, 0.1) is 31.7 Å². The van der Waals surface area contributed by atoms with E-state index in [0.717, 1.165) is 51.4 Å². The van der Waals surface area contributed by atoms with Gasteiger partial charge < -0.3 is 24.8 Å². The van der Waals surface area contributed by atoms with Gasteiger partial charge in [0, 0.05) is 13.0 Å². The maximum Gasteiger partial charge on any atom is 0.472 e. The topological polar surface area (TPSA) is 130 Å². The summed E-state index contributed by atoms with van der Waals surface area (Å²) < 4.78 is 38.7. The largest absolute Gasteiger partial charge is 0.498 e. The summed E-state index contributed by atoms with van der Waals surface area (Å²) in [4.78, 5) is 22.4. The summed E-state index contributed by atoms with van der Waals surface area (Å²) in [6.45, 7) is 4.01. The van der Waals surface area contributed by atoms with Crippen molar-refractivity contribution in [3.05, 3.63) is 73.1 Å². The number of nitrogens with two attached hydrogens (primary N) is 1. The number of hydrogen-bond donors (Lipinski definition) is 2. The second-order valence-corrected chi connectivity index (χ2v) is 15.0. The zero-order valence-electron chi connectivity index (χ0n) is 33.2. The van der Waals surface area contributed by atoms with Crippen LogP contribution in [0.25, 0.3) is 0 Å². The number of phosphoric acid groups is 1. The SMILES string of the molecule is CC/C=C\CC1OC1C/C=C\C/C=C\C/C=C\C/C=C\CCC(=O)OC(CO/C=C\CCCCCCCCCCCCCC)COP(=O)(O)OCCN. The van der Waals surface area contributed by atoms with Crippen molar-refractivity contribution in [2.75, 3.05) is 26.4 Å². The molecule has 0 bridgehead atoms. The highest BCUT2D eigenvalue weighted by Crippen LogP contribution is 2.43. The van der Waals surface area contributed by atoms with Gasteiger partial charge in [-0.15, -0.1) is 0 Å². The van der Waals surface area contributed by atoms with E-state index >= 15 is 0 Å². The van der Waals surface area contributed by atoms with Gasteiger partial charge in [0.1, 0.15) is 6.61 Å². The van der Waals surface area contributed by atoms with Gasteiger partial charge in [0.2, 0.25) is 0 Å². The number of ether oxygens (including phenoxy) is 3. The number of rotatable bonds is 37. The summed E-state index contributed by atoms with van der Waals surface area (Å²) >= 11 is 0. The van der Waals surface area contributed by atoms with Crippen molar-refractivity contribution in [2.45, 2.75) is 167 Å². The highest BCUT2D eigenvalue weighted by atomic mass is 31.2. The molecule has 1 heterocycles. The molecule has 1 rings (SSSR count). The fourth-order valence-electron chi connectivity index (χ4n) is 5.50. The standard InChI is InChI=1S/C43H74NO8P/c1-3-5-7-8-9-10-11-12-15-18-21-24-27-31-36-48-38-40(39-50-53(46,47)49-37-35-44)51-43(45)34-30-26-23-20-17-14-13-16-19-22-25-29-33-42-41(52-42)32-28-6-4-2/h6,14,16-17,19,23,25-26,28-29,31,36,40-42H,3-5,7-13,15,18,20-22,24,27,30,32-35,37-39,44H2,1-2H3,(H,46,47)/b17-14-,19-16-,26-23-,28-6-,29-25-,36-31-. The zero-order valence-corrected chi connectivity index (χ0v) is 34.1. The molecule has 9 nitrogen and oxygen atoms in total. The van der Waals surface area contributed by atoms with Crippen LogP contribution in [0.3, 0.4) is 0 Å². The minimum Gasteiger partial charge on any atom is -0.498 e. The van der Waals surface area contributed by atoms with E-state index < -0.39 is 19.9 Å². The van der Waals surface area contributed by atoms with Gasteiger partial charge >= 0.3 is 13.8 Å². The van der Waals surface area contributed by atoms with Gasteiger partial charge in [-0.25, -0.2) is 4.57 Å². The van der Waals surface area contributed by atoms with E-state index in [1.54, 1.807) is 6.26 Å². The molecule has 1 aliphatic heterocycles. The van der Waals surface area contributed by atoms with E-state index in [4.69, 9.17) is 29.0 Å². The Bertz CT molecular complexity index is 1100. The lowest BCUT2D eigenvalue weighted by molar-refractivity contribution is -0.153. The smallest absolute Gasteiger partial charge is 0.472 e. The Morgan fingerprint density at radius 1 is 0.698 bits per heavy atom. The lowest BCUT2D eigenvalue weighted by Crippen LogP contribution is -2.27. The Morgan fingerprint density at radius 3 is 1.83 bits per heavy atom. The van der Waals surface area contributed by atoms with E-state index in [9.17, 15) is 14.3 Å². The van der Waals surface area contributed by atoms with Crippen molar-refractivity contribution < 1.29 is 37.5 Å². The summed E-state index contributed by atoms with van der Waals surface area (Å²) in [5.41, 5.74) is 5.35. The summed E-state index contributed by atoms with van der Waals surface area (Å²) in [7, 11) is -4.32. The fraction of sp³-hybridized carbons (Fsp3) is 0.698. The number of epoxide rings is 1. The third kappa shape index (κ3) is 32.9. The predicted molar refractivity (Wildman–Crippen MR) is 218 cm³/mol. The van der Waals surface area contributed by atoms with Gasteiger partial charge in [-0.05, 0) is 63.9 Å². The number of hydrogen-bond acceptors (Lipinski definition) is 8. The molecule has 0 saturated carbocycles. The zero-order chi connectivity index (χ0) is 38.5. The van der Waals surface area contributed by atoms with Crippen LogP contribution in [0.15, 0.2) is 73.1 Å². The summed E-state index contributed by atoms with van der Waals surface area (Å²) in [6, 6.07) is 0. The highest BCUT2D eigenvalue weighted by Gasteiger charge is 2.35. The first-order valence-corrected chi connectivity index (χ1v) is 22.1. The summed E-state index contributed by atoms with van der Waals surface area (Å²) in [5, 5.41) is 0. The maximum atomic E-state index is 12.5. The molecule has 4 atom stereocenters.